The molecule has 1 aliphatic rings. The molecule has 8 nitrogen and oxygen atoms in total. The number of pyridine rings is 1. The van der Waals surface area contributed by atoms with Crippen LogP contribution < -0.4 is 10.3 Å². The van der Waals surface area contributed by atoms with Gasteiger partial charge in [0.25, 0.3) is 5.56 Å². The minimum atomic E-state index is -0.310. The van der Waals surface area contributed by atoms with Crippen LogP contribution >= 0.6 is 0 Å². The smallest absolute Gasteiger partial charge is 0.253 e. The van der Waals surface area contributed by atoms with Crippen LogP contribution in [0.4, 0.5) is 0 Å². The molecule has 0 spiro atoms. The lowest BCUT2D eigenvalue weighted by molar-refractivity contribution is 0.176. The number of fused-ring (bicyclic) bond motifs is 1. The molecule has 33 heavy (non-hydrogen) atoms. The van der Waals surface area contributed by atoms with E-state index in [1.165, 1.54) is 12.0 Å². The van der Waals surface area contributed by atoms with Gasteiger partial charge in [-0.3, -0.25) is 9.69 Å². The molecule has 0 radical (unpaired) electrons. The van der Waals surface area contributed by atoms with E-state index < -0.39 is 0 Å². The molecule has 5 rings (SSSR count). The molecule has 1 aliphatic heterocycles. The molecule has 1 fully saturated rings. The summed E-state index contributed by atoms with van der Waals surface area (Å²) in [4.78, 5) is 18.7. The number of H-pyrrole nitrogens is 1. The van der Waals surface area contributed by atoms with Crippen LogP contribution in [0.5, 0.6) is 5.75 Å². The topological polar surface area (TPSA) is 88.9 Å². The first-order chi connectivity index (χ1) is 16.2. The van der Waals surface area contributed by atoms with Crippen LogP contribution in [0.1, 0.15) is 42.3 Å². The summed E-state index contributed by atoms with van der Waals surface area (Å²) in [6.07, 6.45) is 4.22. The number of aryl methyl sites for hydroxylation is 2. The Bertz CT molecular complexity index is 1280. The van der Waals surface area contributed by atoms with Gasteiger partial charge < -0.3 is 9.72 Å². The van der Waals surface area contributed by atoms with Crippen LogP contribution in [0.3, 0.4) is 0 Å². The van der Waals surface area contributed by atoms with Crippen LogP contribution in [-0.4, -0.2) is 50.3 Å². The SMILES string of the molecule is COc1ccc2[nH]c(=O)c(C(c3nnnn3CCc3ccccc3)N3CCCCC3)cc2c1. The molecule has 0 amide bonds. The van der Waals surface area contributed by atoms with Crippen molar-refractivity contribution >= 4 is 10.9 Å². The third kappa shape index (κ3) is 4.52. The van der Waals surface area contributed by atoms with E-state index in [1.54, 1.807) is 7.11 Å². The number of benzene rings is 2. The van der Waals surface area contributed by atoms with Gasteiger partial charge in [-0.2, -0.15) is 0 Å². The molecule has 3 heterocycles. The van der Waals surface area contributed by atoms with Crippen LogP contribution in [-0.2, 0) is 13.0 Å². The highest BCUT2D eigenvalue weighted by Gasteiger charge is 2.31. The molecule has 0 bridgehead atoms. The largest absolute Gasteiger partial charge is 0.497 e. The predicted molar refractivity (Wildman–Crippen MR) is 126 cm³/mol. The van der Waals surface area contributed by atoms with Gasteiger partial charge in [-0.1, -0.05) is 36.8 Å². The Labute approximate surface area is 192 Å². The number of nitrogens with zero attached hydrogens (tertiary/aromatic N) is 5. The summed E-state index contributed by atoms with van der Waals surface area (Å²) < 4.78 is 7.24. The second-order valence-corrected chi connectivity index (χ2v) is 8.50. The maximum absolute atomic E-state index is 13.3. The highest BCUT2D eigenvalue weighted by Crippen LogP contribution is 2.30. The third-order valence-corrected chi connectivity index (χ3v) is 6.39. The van der Waals surface area contributed by atoms with Crippen molar-refractivity contribution in [1.29, 1.82) is 0 Å². The summed E-state index contributed by atoms with van der Waals surface area (Å²) in [7, 11) is 1.64. The minimum absolute atomic E-state index is 0.110. The Kier molecular flexibility index (Phi) is 6.17. The minimum Gasteiger partial charge on any atom is -0.497 e. The fourth-order valence-electron chi connectivity index (χ4n) is 4.65. The average molecular weight is 445 g/mol. The fourth-order valence-corrected chi connectivity index (χ4v) is 4.65. The van der Waals surface area contributed by atoms with E-state index in [1.807, 2.05) is 47.1 Å². The zero-order valence-corrected chi connectivity index (χ0v) is 18.8. The highest BCUT2D eigenvalue weighted by molar-refractivity contribution is 5.80. The number of hydrogen-bond donors (Lipinski definition) is 1. The molecule has 1 unspecified atom stereocenters. The second kappa shape index (κ2) is 9.54. The molecular formula is C25H28N6O2. The quantitative estimate of drug-likeness (QED) is 0.470. The van der Waals surface area contributed by atoms with Crippen LogP contribution in [0.15, 0.2) is 59.4 Å². The first-order valence-corrected chi connectivity index (χ1v) is 11.5. The maximum atomic E-state index is 13.3. The van der Waals surface area contributed by atoms with Crippen molar-refractivity contribution < 1.29 is 4.74 Å². The lowest BCUT2D eigenvalue weighted by Crippen LogP contribution is -2.38. The molecule has 1 saturated heterocycles. The van der Waals surface area contributed by atoms with Gasteiger partial charge in [0.2, 0.25) is 0 Å². The first-order valence-electron chi connectivity index (χ1n) is 11.5. The number of rotatable bonds is 7. The van der Waals surface area contributed by atoms with Crippen LogP contribution in [0.2, 0.25) is 0 Å². The Morgan fingerprint density at radius 2 is 1.88 bits per heavy atom. The molecule has 0 aliphatic carbocycles. The van der Waals surface area contributed by atoms with Gasteiger partial charge >= 0.3 is 0 Å². The van der Waals surface area contributed by atoms with E-state index in [4.69, 9.17) is 4.74 Å². The predicted octanol–water partition coefficient (Wildman–Crippen LogP) is 3.34. The number of nitrogens with one attached hydrogen (secondary N) is 1. The molecular weight excluding hydrogens is 416 g/mol. The van der Waals surface area contributed by atoms with Crippen LogP contribution in [0.25, 0.3) is 10.9 Å². The zero-order chi connectivity index (χ0) is 22.6. The van der Waals surface area contributed by atoms with Gasteiger partial charge in [0.05, 0.1) is 7.11 Å². The number of piperidine rings is 1. The molecule has 2 aromatic carbocycles. The van der Waals surface area contributed by atoms with E-state index in [0.717, 1.165) is 49.0 Å². The molecule has 1 atom stereocenters. The number of hydrogen-bond acceptors (Lipinski definition) is 6. The molecule has 8 heteroatoms. The highest BCUT2D eigenvalue weighted by atomic mass is 16.5. The number of likely N-dealkylation sites (tertiary alicyclic amines) is 1. The monoisotopic (exact) mass is 444 g/mol. The van der Waals surface area contributed by atoms with Crippen molar-refractivity contribution in [2.45, 2.75) is 38.3 Å². The van der Waals surface area contributed by atoms with Crippen molar-refractivity contribution in [2.75, 3.05) is 20.2 Å². The molecule has 170 valence electrons. The van der Waals surface area contributed by atoms with Gasteiger partial charge in [0.15, 0.2) is 5.82 Å². The standard InChI is InChI=1S/C25H28N6O2/c1-33-20-10-11-22-19(16-20)17-21(25(32)26-22)23(30-13-6-3-7-14-30)24-27-28-29-31(24)15-12-18-8-4-2-5-9-18/h2,4-5,8-11,16-17,23H,3,6-7,12-15H2,1H3,(H,26,32). The molecule has 1 N–H and O–H groups in total. The number of aromatic nitrogens is 5. The van der Waals surface area contributed by atoms with E-state index >= 15 is 0 Å². The van der Waals surface area contributed by atoms with Gasteiger partial charge in [-0.05, 0) is 72.6 Å². The molecule has 2 aromatic heterocycles. The zero-order valence-electron chi connectivity index (χ0n) is 18.8. The van der Waals surface area contributed by atoms with E-state index in [-0.39, 0.29) is 11.6 Å². The summed E-state index contributed by atoms with van der Waals surface area (Å²) in [5.74, 6) is 1.46. The van der Waals surface area contributed by atoms with E-state index in [2.05, 4.69) is 37.5 Å². The Balaban J connectivity index is 1.56. The van der Waals surface area contributed by atoms with Gasteiger partial charge in [0.1, 0.15) is 11.8 Å². The summed E-state index contributed by atoms with van der Waals surface area (Å²) in [5, 5.41) is 13.6. The summed E-state index contributed by atoms with van der Waals surface area (Å²) in [6.45, 7) is 2.47. The van der Waals surface area contributed by atoms with Crippen molar-refractivity contribution in [2.24, 2.45) is 0 Å². The number of methoxy groups -OCH3 is 1. The number of tetrazole rings is 1. The fraction of sp³-hybridized carbons (Fsp3) is 0.360. The normalized spacial score (nSPS) is 15.5. The van der Waals surface area contributed by atoms with Gasteiger partial charge in [-0.25, -0.2) is 4.68 Å². The maximum Gasteiger partial charge on any atom is 0.253 e. The Morgan fingerprint density at radius 1 is 1.06 bits per heavy atom. The average Bonchev–Trinajstić information content (AvgIpc) is 3.32. The van der Waals surface area contributed by atoms with Crippen molar-refractivity contribution in [3.05, 3.63) is 81.9 Å². The lowest BCUT2D eigenvalue weighted by Gasteiger charge is -2.33. The first kappa shape index (κ1) is 21.3. The molecule has 4 aromatic rings. The van der Waals surface area contributed by atoms with Crippen LogP contribution in [0, 0.1) is 0 Å². The van der Waals surface area contributed by atoms with Crippen molar-refractivity contribution in [1.82, 2.24) is 30.1 Å². The summed E-state index contributed by atoms with van der Waals surface area (Å²) >= 11 is 0. The number of aromatic amines is 1. The number of ether oxygens (including phenoxy) is 1. The second-order valence-electron chi connectivity index (χ2n) is 8.50. The van der Waals surface area contributed by atoms with Gasteiger partial charge in [-0.15, -0.1) is 5.10 Å². The summed E-state index contributed by atoms with van der Waals surface area (Å²) in [6, 6.07) is 17.6. The van der Waals surface area contributed by atoms with Crippen molar-refractivity contribution in [3.63, 3.8) is 0 Å². The Morgan fingerprint density at radius 3 is 2.67 bits per heavy atom. The Hall–Kier alpha value is -3.52. The van der Waals surface area contributed by atoms with Crippen molar-refractivity contribution in [3.8, 4) is 5.75 Å². The lowest BCUT2D eigenvalue weighted by atomic mass is 10.0. The molecule has 0 saturated carbocycles. The third-order valence-electron chi connectivity index (χ3n) is 6.39. The summed E-state index contributed by atoms with van der Waals surface area (Å²) in [5.41, 5.74) is 2.56. The van der Waals surface area contributed by atoms with E-state index in [0.29, 0.717) is 17.9 Å². The van der Waals surface area contributed by atoms with E-state index in [9.17, 15) is 4.79 Å². The van der Waals surface area contributed by atoms with Gasteiger partial charge in [0, 0.05) is 23.0 Å².